The van der Waals surface area contributed by atoms with Gasteiger partial charge in [-0.15, -0.1) is 0 Å². The lowest BCUT2D eigenvalue weighted by molar-refractivity contribution is -0.118. The molecule has 2 N–H and O–H groups in total. The Kier molecular flexibility index (Phi) is 6.95. The van der Waals surface area contributed by atoms with E-state index in [0.717, 1.165) is 23.4 Å². The zero-order chi connectivity index (χ0) is 26.8. The van der Waals surface area contributed by atoms with E-state index in [1.165, 1.54) is 18.3 Å². The van der Waals surface area contributed by atoms with Crippen LogP contribution < -0.4 is 5.32 Å². The number of hydrogen-bond donors (Lipinski definition) is 2. The first-order valence-corrected chi connectivity index (χ1v) is 12.0. The molecule has 2 amide bonds. The fourth-order valence-electron chi connectivity index (χ4n) is 4.70. The maximum Gasteiger partial charge on any atom is 0.256 e. The first-order valence-electron chi connectivity index (χ1n) is 12.0. The number of amides is 2. The highest BCUT2D eigenvalue weighted by atomic mass is 19.3. The molecule has 7 nitrogen and oxygen atoms in total. The van der Waals surface area contributed by atoms with E-state index in [4.69, 9.17) is 0 Å². The van der Waals surface area contributed by atoms with Gasteiger partial charge in [0.1, 0.15) is 11.6 Å². The number of pyridine rings is 2. The third kappa shape index (κ3) is 5.02. The number of hydrogen-bond acceptors (Lipinski definition) is 4. The summed E-state index contributed by atoms with van der Waals surface area (Å²) in [5.41, 5.74) is 4.39. The van der Waals surface area contributed by atoms with Crippen molar-refractivity contribution in [3.8, 4) is 22.4 Å². The second kappa shape index (κ2) is 10.5. The lowest BCUT2D eigenvalue weighted by Gasteiger charge is -2.23. The zero-order valence-corrected chi connectivity index (χ0v) is 20.4. The van der Waals surface area contributed by atoms with Gasteiger partial charge in [-0.3, -0.25) is 14.6 Å². The van der Waals surface area contributed by atoms with E-state index in [2.05, 4.69) is 20.3 Å². The Morgan fingerprint density at radius 3 is 2.61 bits per heavy atom. The van der Waals surface area contributed by atoms with E-state index in [-0.39, 0.29) is 17.3 Å². The second-order valence-corrected chi connectivity index (χ2v) is 9.10. The molecule has 1 aliphatic rings. The van der Waals surface area contributed by atoms with Gasteiger partial charge < -0.3 is 15.2 Å². The van der Waals surface area contributed by atoms with Crippen LogP contribution in [0.5, 0.6) is 0 Å². The Balaban J connectivity index is 1.51. The number of anilines is 1. The van der Waals surface area contributed by atoms with Gasteiger partial charge >= 0.3 is 0 Å². The van der Waals surface area contributed by atoms with Gasteiger partial charge in [-0.25, -0.2) is 18.2 Å². The highest BCUT2D eigenvalue weighted by Gasteiger charge is 2.31. The number of alkyl halides is 2. The number of nitrogens with zero attached hydrogens (tertiary/aromatic N) is 3. The zero-order valence-electron chi connectivity index (χ0n) is 20.4. The number of rotatable bonds is 7. The Morgan fingerprint density at radius 2 is 1.89 bits per heavy atom. The number of nitrogens with one attached hydrogen (secondary N) is 2. The number of benzene rings is 1. The molecule has 1 unspecified atom stereocenters. The molecule has 0 fully saturated rings. The largest absolute Gasteiger partial charge is 0.357 e. The highest BCUT2D eigenvalue weighted by molar-refractivity contribution is 6.06. The van der Waals surface area contributed by atoms with Gasteiger partial charge in [0.2, 0.25) is 12.3 Å². The summed E-state index contributed by atoms with van der Waals surface area (Å²) in [5, 5.41) is 2.63. The number of carbonyl (C=O) groups excluding carboxylic acids is 2. The van der Waals surface area contributed by atoms with Gasteiger partial charge in [-0.2, -0.15) is 0 Å². The Morgan fingerprint density at radius 1 is 1.11 bits per heavy atom. The molecule has 5 rings (SSSR count). The van der Waals surface area contributed by atoms with Gasteiger partial charge in [-0.05, 0) is 35.9 Å². The average Bonchev–Trinajstić information content (AvgIpc) is 3.31. The Bertz CT molecular complexity index is 1470. The van der Waals surface area contributed by atoms with E-state index in [1.807, 2.05) is 6.07 Å². The quantitative estimate of drug-likeness (QED) is 0.348. The first-order chi connectivity index (χ1) is 18.3. The molecule has 0 aliphatic carbocycles. The number of fused-ring (bicyclic) bond motifs is 1. The molecule has 4 aromatic rings. The summed E-state index contributed by atoms with van der Waals surface area (Å²) in [6, 6.07) is 11.9. The number of carbonyl (C=O) groups is 2. The number of aromatic amines is 1. The van der Waals surface area contributed by atoms with Crippen LogP contribution in [0.2, 0.25) is 0 Å². The molecular formula is C28H24F3N5O2. The fourth-order valence-corrected chi connectivity index (χ4v) is 4.70. The molecule has 1 aliphatic heterocycles. The number of likely N-dealkylation sites (N-methyl/N-ethyl adjacent to an activating group) is 1. The lowest BCUT2D eigenvalue weighted by Crippen LogP contribution is -2.34. The predicted octanol–water partition coefficient (Wildman–Crippen LogP) is 5.28. The maximum absolute atomic E-state index is 13.4. The molecule has 10 heteroatoms. The molecule has 4 heterocycles. The monoisotopic (exact) mass is 519 g/mol. The summed E-state index contributed by atoms with van der Waals surface area (Å²) in [4.78, 5) is 39.6. The summed E-state index contributed by atoms with van der Waals surface area (Å²) < 4.78 is 40.0. The van der Waals surface area contributed by atoms with Gasteiger partial charge in [-0.1, -0.05) is 18.2 Å². The maximum atomic E-state index is 13.4. The standard InChI is InChI=1S/C28H24F3N5O2/c1-36-12-9-21-25(28(36)38)24(18-3-2-10-32-15-18)26(34-21)17-8-11-33-23(13-17)35-27(37)20(14-22(30)31)16-4-6-19(29)7-5-16/h2-8,10-11,13,15,20,22,34H,9,12,14H2,1H3,(H,33,35,37). The van der Waals surface area contributed by atoms with Gasteiger partial charge in [0.25, 0.3) is 5.91 Å². The normalized spacial score (nSPS) is 13.9. The fraction of sp³-hybridized carbons (Fsp3) is 0.214. The lowest BCUT2D eigenvalue weighted by atomic mass is 9.94. The van der Waals surface area contributed by atoms with Crippen LogP contribution in [0.15, 0.2) is 67.1 Å². The number of aromatic nitrogens is 3. The SMILES string of the molecule is CN1CCc2[nH]c(-c3ccnc(NC(=O)C(CC(F)F)c4ccc(F)cc4)c3)c(-c3cccnc3)c2C1=O. The molecule has 3 aromatic heterocycles. The first kappa shape index (κ1) is 25.2. The van der Waals surface area contributed by atoms with Crippen LogP contribution in [0.3, 0.4) is 0 Å². The topological polar surface area (TPSA) is 91.0 Å². The summed E-state index contributed by atoms with van der Waals surface area (Å²) in [5.74, 6) is -2.36. The molecule has 0 saturated heterocycles. The smallest absolute Gasteiger partial charge is 0.256 e. The minimum atomic E-state index is -2.74. The summed E-state index contributed by atoms with van der Waals surface area (Å²) in [7, 11) is 1.75. The van der Waals surface area contributed by atoms with Gasteiger partial charge in [0.05, 0.1) is 17.2 Å². The van der Waals surface area contributed by atoms with Crippen LogP contribution in [-0.2, 0) is 11.2 Å². The second-order valence-electron chi connectivity index (χ2n) is 9.10. The molecule has 194 valence electrons. The van der Waals surface area contributed by atoms with Crippen molar-refractivity contribution in [3.05, 3.63) is 89.8 Å². The van der Waals surface area contributed by atoms with Crippen LogP contribution in [0.25, 0.3) is 22.4 Å². The molecule has 1 atom stereocenters. The van der Waals surface area contributed by atoms with Crippen molar-refractivity contribution in [2.75, 3.05) is 18.9 Å². The number of H-pyrrole nitrogens is 1. The van der Waals surface area contributed by atoms with E-state index >= 15 is 0 Å². The highest BCUT2D eigenvalue weighted by Crippen LogP contribution is 2.39. The van der Waals surface area contributed by atoms with Crippen LogP contribution >= 0.6 is 0 Å². The van der Waals surface area contributed by atoms with E-state index in [0.29, 0.717) is 35.3 Å². The molecule has 0 bridgehead atoms. The van der Waals surface area contributed by atoms with Crippen molar-refractivity contribution >= 4 is 17.6 Å². The Labute approximate surface area is 216 Å². The third-order valence-corrected chi connectivity index (χ3v) is 6.59. The molecular weight excluding hydrogens is 495 g/mol. The summed E-state index contributed by atoms with van der Waals surface area (Å²) in [6.45, 7) is 0.574. The van der Waals surface area contributed by atoms with Crippen molar-refractivity contribution in [2.45, 2.75) is 25.2 Å². The minimum Gasteiger partial charge on any atom is -0.357 e. The molecule has 0 saturated carbocycles. The molecule has 1 aromatic carbocycles. The minimum absolute atomic E-state index is 0.107. The van der Waals surface area contributed by atoms with Crippen LogP contribution in [0, 0.1) is 5.82 Å². The van der Waals surface area contributed by atoms with Crippen molar-refractivity contribution in [1.29, 1.82) is 0 Å². The third-order valence-electron chi connectivity index (χ3n) is 6.59. The van der Waals surface area contributed by atoms with E-state index in [1.54, 1.807) is 42.5 Å². The summed E-state index contributed by atoms with van der Waals surface area (Å²) >= 11 is 0. The van der Waals surface area contributed by atoms with Crippen LogP contribution in [0.1, 0.15) is 34.0 Å². The van der Waals surface area contributed by atoms with Crippen LogP contribution in [0.4, 0.5) is 19.0 Å². The average molecular weight is 520 g/mol. The van der Waals surface area contributed by atoms with Gasteiger partial charge in [0.15, 0.2) is 0 Å². The molecule has 0 radical (unpaired) electrons. The predicted molar refractivity (Wildman–Crippen MR) is 136 cm³/mol. The molecule has 38 heavy (non-hydrogen) atoms. The van der Waals surface area contributed by atoms with Gasteiger partial charge in [0, 0.05) is 67.4 Å². The van der Waals surface area contributed by atoms with Crippen LogP contribution in [-0.4, -0.2) is 51.7 Å². The van der Waals surface area contributed by atoms with Crippen molar-refractivity contribution in [1.82, 2.24) is 19.9 Å². The van der Waals surface area contributed by atoms with Crippen molar-refractivity contribution in [2.24, 2.45) is 0 Å². The summed E-state index contributed by atoms with van der Waals surface area (Å²) in [6.07, 6.45) is 2.00. The number of halogens is 3. The van der Waals surface area contributed by atoms with Crippen molar-refractivity contribution < 1.29 is 22.8 Å². The Hall–Kier alpha value is -4.47. The van der Waals surface area contributed by atoms with E-state index < -0.39 is 30.5 Å². The van der Waals surface area contributed by atoms with E-state index in [9.17, 15) is 22.8 Å². The molecule has 0 spiro atoms. The van der Waals surface area contributed by atoms with Crippen molar-refractivity contribution in [3.63, 3.8) is 0 Å².